The van der Waals surface area contributed by atoms with Crippen molar-refractivity contribution < 1.29 is 14.4 Å². The minimum absolute atomic E-state index is 0.0542. The maximum Gasteiger partial charge on any atom is 0.253 e. The zero-order valence-corrected chi connectivity index (χ0v) is 18.8. The van der Waals surface area contributed by atoms with E-state index in [1.165, 1.54) is 0 Å². The van der Waals surface area contributed by atoms with Gasteiger partial charge in [-0.05, 0) is 62.1 Å². The van der Waals surface area contributed by atoms with E-state index in [0.717, 1.165) is 25.7 Å². The number of nitrogens with zero attached hydrogens (tertiary/aromatic N) is 2. The highest BCUT2D eigenvalue weighted by atomic mass is 35.5. The molecule has 0 radical (unpaired) electrons. The second kappa shape index (κ2) is 10.2. The number of amides is 3. The molecule has 32 heavy (non-hydrogen) atoms. The van der Waals surface area contributed by atoms with Gasteiger partial charge >= 0.3 is 0 Å². The van der Waals surface area contributed by atoms with Gasteiger partial charge in [0.2, 0.25) is 5.91 Å². The summed E-state index contributed by atoms with van der Waals surface area (Å²) in [6, 6.07) is 16.1. The molecule has 0 bridgehead atoms. The third-order valence-electron chi connectivity index (χ3n) is 6.33. The summed E-state index contributed by atoms with van der Waals surface area (Å²) in [5, 5.41) is 3.67. The molecule has 0 aliphatic carbocycles. The van der Waals surface area contributed by atoms with Crippen molar-refractivity contribution in [2.75, 3.05) is 26.2 Å². The lowest BCUT2D eigenvalue weighted by Gasteiger charge is -2.38. The molecule has 2 heterocycles. The molecule has 2 saturated heterocycles. The topological polar surface area (TPSA) is 69.7 Å². The zero-order chi connectivity index (χ0) is 22.5. The molecule has 0 aromatic heterocycles. The third kappa shape index (κ3) is 5.30. The van der Waals surface area contributed by atoms with E-state index in [9.17, 15) is 14.4 Å². The monoisotopic (exact) mass is 453 g/mol. The SMILES string of the molecule is O=C(NC1CCN(C(=O)[C@@H]2CCCN(C(=O)c3ccc(Cl)cc3)C2)CC1)c1ccccc1. The Kier molecular flexibility index (Phi) is 7.10. The van der Waals surface area contributed by atoms with E-state index in [2.05, 4.69) is 5.32 Å². The van der Waals surface area contributed by atoms with Crippen LogP contribution in [-0.2, 0) is 4.79 Å². The normalized spacial score (nSPS) is 19.5. The first-order valence-electron chi connectivity index (χ1n) is 11.2. The number of piperidine rings is 2. The first-order chi connectivity index (χ1) is 15.5. The van der Waals surface area contributed by atoms with Gasteiger partial charge in [0.05, 0.1) is 5.92 Å². The molecule has 6 nitrogen and oxygen atoms in total. The Hall–Kier alpha value is -2.86. The van der Waals surface area contributed by atoms with Crippen LogP contribution in [0.25, 0.3) is 0 Å². The van der Waals surface area contributed by atoms with Gasteiger partial charge in [0.25, 0.3) is 11.8 Å². The fourth-order valence-electron chi connectivity index (χ4n) is 4.50. The average Bonchev–Trinajstić information content (AvgIpc) is 2.85. The molecule has 168 valence electrons. The van der Waals surface area contributed by atoms with Crippen LogP contribution in [0.1, 0.15) is 46.4 Å². The number of rotatable bonds is 4. The Morgan fingerprint density at radius 2 is 1.50 bits per heavy atom. The minimum atomic E-state index is -0.171. The van der Waals surface area contributed by atoms with Gasteiger partial charge in [-0.15, -0.1) is 0 Å². The smallest absolute Gasteiger partial charge is 0.253 e. The number of hydrogen-bond donors (Lipinski definition) is 1. The van der Waals surface area contributed by atoms with Crippen LogP contribution in [-0.4, -0.2) is 59.7 Å². The summed E-state index contributed by atoms with van der Waals surface area (Å²) in [6.07, 6.45) is 3.10. The van der Waals surface area contributed by atoms with E-state index < -0.39 is 0 Å². The van der Waals surface area contributed by atoms with Crippen molar-refractivity contribution in [3.63, 3.8) is 0 Å². The fraction of sp³-hybridized carbons (Fsp3) is 0.400. The van der Waals surface area contributed by atoms with Crippen molar-refractivity contribution in [1.82, 2.24) is 15.1 Å². The van der Waals surface area contributed by atoms with Crippen molar-refractivity contribution in [3.05, 3.63) is 70.7 Å². The number of halogens is 1. The molecular formula is C25H28ClN3O3. The van der Waals surface area contributed by atoms with Gasteiger partial charge in [-0.3, -0.25) is 14.4 Å². The lowest BCUT2D eigenvalue weighted by atomic mass is 9.94. The van der Waals surface area contributed by atoms with E-state index in [1.54, 1.807) is 41.3 Å². The molecule has 2 aromatic carbocycles. The third-order valence-corrected chi connectivity index (χ3v) is 6.58. The predicted octanol–water partition coefficient (Wildman–Crippen LogP) is 3.61. The molecule has 1 N–H and O–H groups in total. The standard InChI is InChI=1S/C25H28ClN3O3/c26-21-10-8-19(9-11-21)24(31)29-14-4-7-20(17-29)25(32)28-15-12-22(13-16-28)27-23(30)18-5-2-1-3-6-18/h1-3,5-6,8-11,20,22H,4,7,12-17H2,(H,27,30)/t20-/m1/s1. The van der Waals surface area contributed by atoms with Crippen LogP contribution in [0, 0.1) is 5.92 Å². The second-order valence-corrected chi connectivity index (χ2v) is 8.97. The molecule has 4 rings (SSSR count). The second-order valence-electron chi connectivity index (χ2n) is 8.54. The highest BCUT2D eigenvalue weighted by Gasteiger charge is 2.33. The molecule has 2 aliphatic rings. The fourth-order valence-corrected chi connectivity index (χ4v) is 4.62. The molecule has 3 amide bonds. The van der Waals surface area contributed by atoms with Gasteiger partial charge in [-0.2, -0.15) is 0 Å². The lowest BCUT2D eigenvalue weighted by molar-refractivity contribution is -0.138. The Morgan fingerprint density at radius 1 is 0.812 bits per heavy atom. The maximum absolute atomic E-state index is 13.1. The van der Waals surface area contributed by atoms with Crippen LogP contribution in [0.3, 0.4) is 0 Å². The molecule has 0 saturated carbocycles. The number of likely N-dealkylation sites (tertiary alicyclic amines) is 2. The van der Waals surface area contributed by atoms with Crippen molar-refractivity contribution in [2.45, 2.75) is 31.7 Å². The van der Waals surface area contributed by atoms with Gasteiger partial charge in [-0.1, -0.05) is 29.8 Å². The molecule has 2 fully saturated rings. The number of benzene rings is 2. The van der Waals surface area contributed by atoms with Gasteiger partial charge in [0, 0.05) is 48.4 Å². The largest absolute Gasteiger partial charge is 0.349 e. The number of carbonyl (C=O) groups is 3. The van der Waals surface area contributed by atoms with Crippen LogP contribution >= 0.6 is 11.6 Å². The summed E-state index contributed by atoms with van der Waals surface area (Å²) in [5.74, 6) is -0.178. The predicted molar refractivity (Wildman–Crippen MR) is 124 cm³/mol. The Morgan fingerprint density at radius 3 is 2.19 bits per heavy atom. The quantitative estimate of drug-likeness (QED) is 0.768. The first kappa shape index (κ1) is 22.3. The molecule has 2 aliphatic heterocycles. The summed E-state index contributed by atoms with van der Waals surface area (Å²) in [4.78, 5) is 42.0. The molecule has 2 aromatic rings. The van der Waals surface area contributed by atoms with Crippen molar-refractivity contribution in [1.29, 1.82) is 0 Å². The van der Waals surface area contributed by atoms with Gasteiger partial charge in [0.15, 0.2) is 0 Å². The summed E-state index contributed by atoms with van der Waals surface area (Å²) >= 11 is 5.92. The summed E-state index contributed by atoms with van der Waals surface area (Å²) in [7, 11) is 0. The molecule has 1 atom stereocenters. The Labute approximate surface area is 193 Å². The van der Waals surface area contributed by atoms with Crippen LogP contribution < -0.4 is 5.32 Å². The van der Waals surface area contributed by atoms with Gasteiger partial charge in [-0.25, -0.2) is 0 Å². The highest BCUT2D eigenvalue weighted by molar-refractivity contribution is 6.30. The summed E-state index contributed by atoms with van der Waals surface area (Å²) in [5.41, 5.74) is 1.25. The Bertz CT molecular complexity index is 956. The minimum Gasteiger partial charge on any atom is -0.349 e. The molecule has 7 heteroatoms. The van der Waals surface area contributed by atoms with E-state index in [1.807, 2.05) is 23.1 Å². The highest BCUT2D eigenvalue weighted by Crippen LogP contribution is 2.23. The molecule has 0 unspecified atom stereocenters. The van der Waals surface area contributed by atoms with Crippen LogP contribution in [0.5, 0.6) is 0 Å². The van der Waals surface area contributed by atoms with Crippen LogP contribution in [0.2, 0.25) is 5.02 Å². The van der Waals surface area contributed by atoms with Crippen molar-refractivity contribution in [2.24, 2.45) is 5.92 Å². The van der Waals surface area contributed by atoms with Gasteiger partial charge in [0.1, 0.15) is 0 Å². The van der Waals surface area contributed by atoms with Crippen LogP contribution in [0.15, 0.2) is 54.6 Å². The Balaban J connectivity index is 1.28. The van der Waals surface area contributed by atoms with E-state index >= 15 is 0 Å². The first-order valence-corrected chi connectivity index (χ1v) is 11.6. The molecular weight excluding hydrogens is 426 g/mol. The number of carbonyl (C=O) groups excluding carboxylic acids is 3. The number of hydrogen-bond acceptors (Lipinski definition) is 3. The van der Waals surface area contributed by atoms with E-state index in [4.69, 9.17) is 11.6 Å². The van der Waals surface area contributed by atoms with E-state index in [-0.39, 0.29) is 29.7 Å². The number of nitrogens with one attached hydrogen (secondary N) is 1. The lowest BCUT2D eigenvalue weighted by Crippen LogP contribution is -2.51. The summed E-state index contributed by atoms with van der Waals surface area (Å²) in [6.45, 7) is 2.37. The van der Waals surface area contributed by atoms with Crippen molar-refractivity contribution in [3.8, 4) is 0 Å². The van der Waals surface area contributed by atoms with Gasteiger partial charge < -0.3 is 15.1 Å². The maximum atomic E-state index is 13.1. The molecule has 0 spiro atoms. The zero-order valence-electron chi connectivity index (χ0n) is 18.0. The van der Waals surface area contributed by atoms with E-state index in [0.29, 0.717) is 42.3 Å². The van der Waals surface area contributed by atoms with Crippen molar-refractivity contribution >= 4 is 29.3 Å². The average molecular weight is 454 g/mol. The van der Waals surface area contributed by atoms with Crippen LogP contribution in [0.4, 0.5) is 0 Å². The summed E-state index contributed by atoms with van der Waals surface area (Å²) < 4.78 is 0.